The third-order valence-corrected chi connectivity index (χ3v) is 12.1. The number of H-pyrrole nitrogens is 1. The van der Waals surface area contributed by atoms with Crippen LogP contribution in [0.15, 0.2) is 53.7 Å². The van der Waals surface area contributed by atoms with Crippen LogP contribution in [0, 0.1) is 17.8 Å². The van der Waals surface area contributed by atoms with Gasteiger partial charge in [0, 0.05) is 43.8 Å². The van der Waals surface area contributed by atoms with E-state index in [0.717, 1.165) is 74.2 Å². The number of benzene rings is 3. The van der Waals surface area contributed by atoms with Crippen LogP contribution < -0.4 is 10.1 Å². The Labute approximate surface area is 352 Å². The Morgan fingerprint density at radius 1 is 0.984 bits per heavy atom. The molecule has 2 N–H and O–H groups in total. The molecule has 13 nitrogen and oxygen atoms in total. The summed E-state index contributed by atoms with van der Waals surface area (Å²) in [5.74, 6) is -1.68. The van der Waals surface area contributed by atoms with E-state index < -0.39 is 54.2 Å². The Kier molecular flexibility index (Phi) is 11.0. The van der Waals surface area contributed by atoms with Crippen molar-refractivity contribution in [2.75, 3.05) is 33.9 Å². The summed E-state index contributed by atoms with van der Waals surface area (Å²) >= 11 is 0. The van der Waals surface area contributed by atoms with Gasteiger partial charge in [0.2, 0.25) is 5.91 Å². The summed E-state index contributed by atoms with van der Waals surface area (Å²) in [6.45, 7) is 9.80. The second kappa shape index (κ2) is 16.0. The number of alkyl carbamates (subject to hydrolysis) is 1. The Balaban J connectivity index is 1.03. The van der Waals surface area contributed by atoms with Crippen LogP contribution in [0.2, 0.25) is 0 Å². The molecule has 4 aliphatic heterocycles. The van der Waals surface area contributed by atoms with Gasteiger partial charge >= 0.3 is 18.4 Å². The summed E-state index contributed by atoms with van der Waals surface area (Å²) in [6, 6.07) is 11.9. The van der Waals surface area contributed by atoms with Crippen molar-refractivity contribution >= 4 is 40.3 Å². The maximum Gasteiger partial charge on any atom is 0.410 e. The van der Waals surface area contributed by atoms with E-state index in [-0.39, 0.29) is 36.9 Å². The van der Waals surface area contributed by atoms with Gasteiger partial charge in [0.05, 0.1) is 49.3 Å². The topological polar surface area (TPSA) is 148 Å². The number of aliphatic imine (C=N–C) groups is 1. The number of imidazole rings is 1. The molecule has 5 heterocycles. The molecule has 61 heavy (non-hydrogen) atoms. The van der Waals surface area contributed by atoms with Crippen LogP contribution in [-0.4, -0.2) is 101 Å². The van der Waals surface area contributed by atoms with Gasteiger partial charge in [-0.2, -0.15) is 13.2 Å². The average Bonchev–Trinajstić information content (AvgIpc) is 4.03. The zero-order chi connectivity index (χ0) is 43.5. The fourth-order valence-corrected chi connectivity index (χ4v) is 9.11. The Morgan fingerprint density at radius 3 is 2.48 bits per heavy atom. The second-order valence-electron chi connectivity index (χ2n) is 17.8. The molecule has 0 bridgehead atoms. The molecule has 0 saturated carbocycles. The lowest BCUT2D eigenvalue weighted by atomic mass is 9.90. The second-order valence-corrected chi connectivity index (χ2v) is 17.8. The molecule has 0 radical (unpaired) electrons. The van der Waals surface area contributed by atoms with Crippen molar-refractivity contribution in [2.24, 2.45) is 22.7 Å². The van der Waals surface area contributed by atoms with E-state index in [1.54, 1.807) is 32.1 Å². The minimum atomic E-state index is -4.53. The van der Waals surface area contributed by atoms with Crippen molar-refractivity contribution in [1.82, 2.24) is 25.1 Å². The molecular formula is C45H51F3N6O7. The first-order valence-corrected chi connectivity index (χ1v) is 20.6. The number of aromatic amines is 1. The van der Waals surface area contributed by atoms with Crippen molar-refractivity contribution in [3.63, 3.8) is 0 Å². The Morgan fingerprint density at radius 2 is 1.77 bits per heavy atom. The number of methoxy groups -OCH3 is 2. The van der Waals surface area contributed by atoms with Crippen LogP contribution in [0.5, 0.6) is 5.75 Å². The smallest absolute Gasteiger partial charge is 0.410 e. The number of halogens is 3. The van der Waals surface area contributed by atoms with Gasteiger partial charge in [0.1, 0.15) is 29.8 Å². The molecule has 4 aromatic rings. The number of carbonyl (C=O) groups is 3. The molecule has 3 amide bonds. The standard InChI is InChI=1S/C45H51F3N6O7/c1-23(2)39(52-42(56)59-7)41(55)53-20-28(45(46,47)48)15-37(53)40-49-18-35(51-40)26-8-10-29-27(13-26)22-60-38-17-30-25(14-32(29)38)9-11-33-31(30)16-34(50-33)36-12-24(21-58-6)19-54(36)43(57)61-44(3,4)5/h8-11,13-14,17-18,23-24,28,36-37,39H,12,15-16,19-22H2,1-7H3,(H,49,51)(H,52,56)/t24-,28?,36-,37-,39-/m0/s1. The molecule has 0 spiro atoms. The molecule has 5 atom stereocenters. The number of fused-ring (bicyclic) bond motifs is 6. The van der Waals surface area contributed by atoms with E-state index >= 15 is 0 Å². The first-order chi connectivity index (χ1) is 28.9. The van der Waals surface area contributed by atoms with Crippen LogP contribution in [0.25, 0.3) is 33.2 Å². The van der Waals surface area contributed by atoms with Gasteiger partial charge in [-0.05, 0) is 96.8 Å². The van der Waals surface area contributed by atoms with Gasteiger partial charge in [-0.15, -0.1) is 0 Å². The Bertz CT molecular complexity index is 2410. The van der Waals surface area contributed by atoms with Gasteiger partial charge < -0.3 is 34.1 Å². The van der Waals surface area contributed by atoms with E-state index in [9.17, 15) is 27.6 Å². The van der Waals surface area contributed by atoms with Crippen LogP contribution in [0.4, 0.5) is 28.4 Å². The van der Waals surface area contributed by atoms with Crippen molar-refractivity contribution in [3.05, 3.63) is 65.6 Å². The highest BCUT2D eigenvalue weighted by Crippen LogP contribution is 2.46. The number of carbonyl (C=O) groups excluding carboxylic acids is 3. The number of rotatable bonds is 8. The SMILES string of the molecule is COC[C@H]1C[C@@H](C2=Nc3ccc4cc5c(cc4c3C2)OCc2cc(-c3cnc([C@@H]4CC(C(F)(F)F)CN4C(=O)[C@@H](NC(=O)OC)C(C)C)[nH]3)ccc2-5)N(C(=O)OC(C)(C)C)C1. The lowest BCUT2D eigenvalue weighted by molar-refractivity contribution is -0.171. The number of alkyl halides is 3. The van der Waals surface area contributed by atoms with Crippen molar-refractivity contribution in [3.8, 4) is 28.1 Å². The van der Waals surface area contributed by atoms with Gasteiger partial charge in [-0.1, -0.05) is 32.0 Å². The number of nitrogens with zero attached hydrogens (tertiary/aromatic N) is 4. The number of aromatic nitrogens is 2. The zero-order valence-corrected chi connectivity index (χ0v) is 35.3. The zero-order valence-electron chi connectivity index (χ0n) is 35.3. The van der Waals surface area contributed by atoms with Crippen molar-refractivity contribution < 1.29 is 46.5 Å². The predicted octanol–water partition coefficient (Wildman–Crippen LogP) is 8.52. The summed E-state index contributed by atoms with van der Waals surface area (Å²) in [7, 11) is 2.83. The highest BCUT2D eigenvalue weighted by atomic mass is 19.4. The Hall–Kier alpha value is -5.64. The minimum absolute atomic E-state index is 0.169. The lowest BCUT2D eigenvalue weighted by Crippen LogP contribution is -2.51. The first kappa shape index (κ1) is 42.1. The predicted molar refractivity (Wildman–Crippen MR) is 222 cm³/mol. The summed E-state index contributed by atoms with van der Waals surface area (Å²) in [6.07, 6.45) is -3.21. The molecule has 8 rings (SSSR count). The molecule has 0 aliphatic carbocycles. The highest BCUT2D eigenvalue weighted by Gasteiger charge is 2.51. The number of amides is 3. The largest absolute Gasteiger partial charge is 0.488 e. The summed E-state index contributed by atoms with van der Waals surface area (Å²) in [5, 5.41) is 4.54. The summed E-state index contributed by atoms with van der Waals surface area (Å²) in [4.78, 5) is 54.9. The van der Waals surface area contributed by atoms with E-state index in [1.807, 2.05) is 45.0 Å². The first-order valence-electron chi connectivity index (χ1n) is 20.6. The summed E-state index contributed by atoms with van der Waals surface area (Å²) in [5.41, 5.74) is 6.42. The van der Waals surface area contributed by atoms with Gasteiger partial charge in [-0.3, -0.25) is 14.7 Å². The third kappa shape index (κ3) is 8.26. The number of ether oxygens (including phenoxy) is 4. The molecule has 2 saturated heterocycles. The molecule has 2 fully saturated rings. The highest BCUT2D eigenvalue weighted by molar-refractivity contribution is 6.06. The molecular weight excluding hydrogens is 794 g/mol. The number of hydrogen-bond acceptors (Lipinski definition) is 9. The quantitative estimate of drug-likeness (QED) is 0.180. The molecule has 1 aromatic heterocycles. The van der Waals surface area contributed by atoms with Gasteiger partial charge in [0.15, 0.2) is 0 Å². The molecule has 16 heteroatoms. The van der Waals surface area contributed by atoms with E-state index in [4.69, 9.17) is 19.2 Å². The normalized spacial score (nSPS) is 21.5. The number of likely N-dealkylation sites (tertiary alicyclic amines) is 2. The fourth-order valence-electron chi connectivity index (χ4n) is 9.11. The molecule has 4 aliphatic rings. The van der Waals surface area contributed by atoms with Crippen LogP contribution in [0.1, 0.15) is 70.5 Å². The maximum absolute atomic E-state index is 14.1. The van der Waals surface area contributed by atoms with Crippen LogP contribution in [-0.2, 0) is 32.0 Å². The van der Waals surface area contributed by atoms with Gasteiger partial charge in [0.25, 0.3) is 0 Å². The van der Waals surface area contributed by atoms with E-state index in [0.29, 0.717) is 25.3 Å². The van der Waals surface area contributed by atoms with E-state index in [2.05, 4.69) is 38.2 Å². The van der Waals surface area contributed by atoms with Crippen LogP contribution in [0.3, 0.4) is 0 Å². The lowest BCUT2D eigenvalue weighted by Gasteiger charge is -2.30. The summed E-state index contributed by atoms with van der Waals surface area (Å²) < 4.78 is 64.6. The average molecular weight is 845 g/mol. The number of hydrogen-bond donors (Lipinski definition) is 2. The molecule has 3 aromatic carbocycles. The maximum atomic E-state index is 14.1. The van der Waals surface area contributed by atoms with Crippen molar-refractivity contribution in [2.45, 2.75) is 90.4 Å². The third-order valence-electron chi connectivity index (χ3n) is 12.1. The molecule has 1 unspecified atom stereocenters. The minimum Gasteiger partial charge on any atom is -0.488 e. The monoisotopic (exact) mass is 844 g/mol. The van der Waals surface area contributed by atoms with E-state index in [1.165, 1.54) is 0 Å². The fraction of sp³-hybridized carbons (Fsp3) is 0.489. The van der Waals surface area contributed by atoms with Gasteiger partial charge in [-0.25, -0.2) is 14.6 Å². The van der Waals surface area contributed by atoms with Crippen LogP contribution >= 0.6 is 0 Å². The molecule has 324 valence electrons. The number of nitrogens with one attached hydrogen (secondary N) is 2. The van der Waals surface area contributed by atoms with Crippen molar-refractivity contribution in [1.29, 1.82) is 0 Å².